The van der Waals surface area contributed by atoms with Crippen molar-refractivity contribution in [3.8, 4) is 0 Å². The molecule has 3 heterocycles. The zero-order valence-electron chi connectivity index (χ0n) is 13.9. The third-order valence-corrected chi connectivity index (χ3v) is 5.85. The van der Waals surface area contributed by atoms with E-state index in [4.69, 9.17) is 23.2 Å². The highest BCUT2D eigenvalue weighted by Gasteiger charge is 2.38. The third kappa shape index (κ3) is 3.60. The average molecular weight is 436 g/mol. The first-order valence-corrected chi connectivity index (χ1v) is 9.89. The predicted molar refractivity (Wildman–Crippen MR) is 98.6 cm³/mol. The van der Waals surface area contributed by atoms with E-state index in [9.17, 15) is 8.78 Å². The number of rotatable bonds is 4. The van der Waals surface area contributed by atoms with Gasteiger partial charge in [-0.1, -0.05) is 11.6 Å². The topological polar surface area (TPSA) is 55.1 Å². The van der Waals surface area contributed by atoms with Crippen molar-refractivity contribution in [3.05, 3.63) is 39.0 Å². The van der Waals surface area contributed by atoms with Gasteiger partial charge in [-0.25, -0.2) is 17.7 Å². The van der Waals surface area contributed by atoms with Crippen LogP contribution in [0.1, 0.15) is 42.9 Å². The first-order valence-electron chi connectivity index (χ1n) is 8.30. The van der Waals surface area contributed by atoms with Gasteiger partial charge in [0.2, 0.25) is 11.2 Å². The zero-order valence-corrected chi connectivity index (χ0v) is 16.2. The first kappa shape index (κ1) is 18.8. The minimum Gasteiger partial charge on any atom is -0.362 e. The maximum atomic E-state index is 15.3. The summed E-state index contributed by atoms with van der Waals surface area (Å²) in [6.45, 7) is 0.319. The molecule has 144 valence electrons. The molecule has 0 bridgehead atoms. The molecular formula is C16H14Cl2F3N5S. The van der Waals surface area contributed by atoms with Crippen LogP contribution in [0.5, 0.6) is 0 Å². The molecule has 27 heavy (non-hydrogen) atoms. The van der Waals surface area contributed by atoms with Gasteiger partial charge in [0.05, 0.1) is 12.2 Å². The van der Waals surface area contributed by atoms with Gasteiger partial charge in [-0.3, -0.25) is 0 Å². The lowest BCUT2D eigenvalue weighted by atomic mass is 9.83. The van der Waals surface area contributed by atoms with Gasteiger partial charge in [-0.15, -0.1) is 5.10 Å². The summed E-state index contributed by atoms with van der Waals surface area (Å²) in [7, 11) is 0. The summed E-state index contributed by atoms with van der Waals surface area (Å²) < 4.78 is 47.5. The van der Waals surface area contributed by atoms with Gasteiger partial charge in [0.25, 0.3) is 0 Å². The van der Waals surface area contributed by atoms with Gasteiger partial charge in [-0.2, -0.15) is 9.36 Å². The number of aromatic nitrogens is 4. The van der Waals surface area contributed by atoms with Crippen LogP contribution in [0.25, 0.3) is 5.52 Å². The normalized spacial score (nSPS) is 17.5. The summed E-state index contributed by atoms with van der Waals surface area (Å²) in [5.41, 5.74) is 1.01. The second-order valence-electron chi connectivity index (χ2n) is 6.48. The lowest BCUT2D eigenvalue weighted by molar-refractivity contribution is -0.0384. The van der Waals surface area contributed by atoms with E-state index in [0.717, 1.165) is 5.69 Å². The van der Waals surface area contributed by atoms with E-state index < -0.39 is 17.7 Å². The fourth-order valence-electron chi connectivity index (χ4n) is 3.37. The Morgan fingerprint density at radius 3 is 2.70 bits per heavy atom. The Morgan fingerprint density at radius 1 is 1.30 bits per heavy atom. The zero-order chi connectivity index (χ0) is 19.2. The van der Waals surface area contributed by atoms with E-state index in [1.807, 2.05) is 11.4 Å². The second kappa shape index (κ2) is 7.10. The fourth-order valence-corrected chi connectivity index (χ4v) is 4.43. The number of nitrogens with one attached hydrogen (secondary N) is 1. The molecule has 4 rings (SSSR count). The highest BCUT2D eigenvalue weighted by molar-refractivity contribution is 7.03. The van der Waals surface area contributed by atoms with Crippen molar-refractivity contribution in [2.45, 2.75) is 44.1 Å². The molecule has 1 aliphatic carbocycles. The number of anilines is 1. The highest BCUT2D eigenvalue weighted by atomic mass is 35.5. The summed E-state index contributed by atoms with van der Waals surface area (Å²) in [4.78, 5) is 4.06. The van der Waals surface area contributed by atoms with Crippen LogP contribution in [0.2, 0.25) is 10.4 Å². The number of fused-ring (bicyclic) bond motifs is 1. The van der Waals surface area contributed by atoms with Gasteiger partial charge in [-0.05, 0) is 48.0 Å². The van der Waals surface area contributed by atoms with Crippen molar-refractivity contribution < 1.29 is 13.2 Å². The minimum absolute atomic E-state index is 0.0405. The molecule has 3 aromatic rings. The molecule has 0 atom stereocenters. The number of halogens is 5. The molecular weight excluding hydrogens is 422 g/mol. The molecule has 5 nitrogen and oxygen atoms in total. The Balaban J connectivity index is 1.73. The lowest BCUT2D eigenvalue weighted by Crippen LogP contribution is -2.23. The van der Waals surface area contributed by atoms with Gasteiger partial charge < -0.3 is 5.32 Å². The van der Waals surface area contributed by atoms with Crippen LogP contribution in [0.4, 0.5) is 19.0 Å². The maximum Gasteiger partial charge on any atom is 0.248 e. The molecule has 3 aromatic heterocycles. The summed E-state index contributed by atoms with van der Waals surface area (Å²) in [5.74, 6) is -3.53. The van der Waals surface area contributed by atoms with Crippen LogP contribution in [-0.2, 0) is 6.54 Å². The maximum absolute atomic E-state index is 15.3. The van der Waals surface area contributed by atoms with E-state index in [0.29, 0.717) is 6.54 Å². The van der Waals surface area contributed by atoms with Crippen LogP contribution in [0, 0.1) is 5.82 Å². The quantitative estimate of drug-likeness (QED) is 0.584. The Labute approximate surface area is 166 Å². The molecule has 0 radical (unpaired) electrons. The first-order chi connectivity index (χ1) is 12.9. The summed E-state index contributed by atoms with van der Waals surface area (Å²) in [6.07, 6.45) is -0.269. The van der Waals surface area contributed by atoms with Crippen molar-refractivity contribution in [2.75, 3.05) is 5.32 Å². The Kier molecular flexibility index (Phi) is 4.94. The van der Waals surface area contributed by atoms with Crippen molar-refractivity contribution in [3.63, 3.8) is 0 Å². The minimum atomic E-state index is -2.71. The number of alkyl halides is 2. The molecule has 0 spiro atoms. The number of hydrogen-bond acceptors (Lipinski definition) is 5. The van der Waals surface area contributed by atoms with Crippen LogP contribution >= 0.6 is 34.7 Å². The van der Waals surface area contributed by atoms with Crippen LogP contribution in [0.3, 0.4) is 0 Å². The summed E-state index contributed by atoms with van der Waals surface area (Å²) in [6, 6.07) is 1.83. The monoisotopic (exact) mass is 435 g/mol. The van der Waals surface area contributed by atoms with E-state index in [2.05, 4.69) is 19.8 Å². The SMILES string of the molecule is Fc1c(C2CCC(F)(F)CC2)c(Cl)n2nc(Cl)nc(NCc3ccsn3)c12. The standard InChI is InChI=1S/C16H14Cl2F3N5S/c17-13-10(8-1-4-16(20,21)5-2-8)11(19)12-14(23-15(18)24-26(12)13)22-7-9-3-6-27-25-9/h3,6,8H,1-2,4-5,7H2,(H,22,23,24). The molecule has 1 aliphatic rings. The molecule has 0 aromatic carbocycles. The highest BCUT2D eigenvalue weighted by Crippen LogP contribution is 2.45. The molecule has 0 saturated heterocycles. The van der Waals surface area contributed by atoms with Gasteiger partial charge in [0.1, 0.15) is 10.7 Å². The van der Waals surface area contributed by atoms with Crippen molar-refractivity contribution in [2.24, 2.45) is 0 Å². The van der Waals surface area contributed by atoms with E-state index >= 15 is 4.39 Å². The number of hydrogen-bond donors (Lipinski definition) is 1. The van der Waals surface area contributed by atoms with Crippen LogP contribution in [-0.4, -0.2) is 24.9 Å². The fraction of sp³-hybridized carbons (Fsp3) is 0.438. The number of nitrogens with zero attached hydrogens (tertiary/aromatic N) is 4. The third-order valence-electron chi connectivity index (χ3n) is 4.73. The second-order valence-corrected chi connectivity index (χ2v) is 7.84. The smallest absolute Gasteiger partial charge is 0.248 e. The molecule has 1 saturated carbocycles. The van der Waals surface area contributed by atoms with Crippen molar-refractivity contribution >= 4 is 46.1 Å². The van der Waals surface area contributed by atoms with Crippen LogP contribution in [0.15, 0.2) is 11.4 Å². The molecule has 1 fully saturated rings. The Bertz CT molecular complexity index is 966. The van der Waals surface area contributed by atoms with Crippen LogP contribution < -0.4 is 5.32 Å². The molecule has 11 heteroatoms. The van der Waals surface area contributed by atoms with Crippen molar-refractivity contribution in [1.82, 2.24) is 19.0 Å². The van der Waals surface area contributed by atoms with Gasteiger partial charge in [0, 0.05) is 23.8 Å². The van der Waals surface area contributed by atoms with E-state index in [1.165, 1.54) is 16.0 Å². The van der Waals surface area contributed by atoms with Gasteiger partial charge in [0.15, 0.2) is 11.6 Å². The lowest BCUT2D eigenvalue weighted by Gasteiger charge is -2.28. The summed E-state index contributed by atoms with van der Waals surface area (Å²) >= 11 is 13.6. The summed E-state index contributed by atoms with van der Waals surface area (Å²) in [5, 5.41) is 8.74. The van der Waals surface area contributed by atoms with Crippen molar-refractivity contribution in [1.29, 1.82) is 0 Å². The van der Waals surface area contributed by atoms with Gasteiger partial charge >= 0.3 is 0 Å². The average Bonchev–Trinajstić information content (AvgIpc) is 3.21. The molecule has 0 aliphatic heterocycles. The Hall–Kier alpha value is -1.58. The predicted octanol–water partition coefficient (Wildman–Crippen LogP) is 5.54. The molecule has 0 unspecified atom stereocenters. The largest absolute Gasteiger partial charge is 0.362 e. The van der Waals surface area contributed by atoms with E-state index in [-0.39, 0.29) is 53.0 Å². The molecule has 0 amide bonds. The van der Waals surface area contributed by atoms with E-state index in [1.54, 1.807) is 0 Å². The molecule has 1 N–H and O–H groups in total. The Morgan fingerprint density at radius 2 is 2.04 bits per heavy atom.